The summed E-state index contributed by atoms with van der Waals surface area (Å²) in [5.41, 5.74) is 0.444. The summed E-state index contributed by atoms with van der Waals surface area (Å²) in [6.07, 6.45) is 1.76. The molecule has 0 aliphatic carbocycles. The van der Waals surface area contributed by atoms with E-state index in [0.29, 0.717) is 18.8 Å². The lowest BCUT2D eigenvalue weighted by Gasteiger charge is -2.25. The summed E-state index contributed by atoms with van der Waals surface area (Å²) < 4.78 is 6.70. The lowest BCUT2D eigenvalue weighted by molar-refractivity contribution is -0.135. The number of imide groups is 1. The molecule has 0 atom stereocenters. The van der Waals surface area contributed by atoms with Crippen molar-refractivity contribution in [3.8, 4) is 0 Å². The van der Waals surface area contributed by atoms with Gasteiger partial charge in [0.05, 0.1) is 6.61 Å². The molecule has 0 saturated carbocycles. The van der Waals surface area contributed by atoms with Crippen LogP contribution in [-0.4, -0.2) is 54.0 Å². The molecule has 0 unspecified atom stereocenters. The van der Waals surface area contributed by atoms with Crippen LogP contribution in [0, 0.1) is 0 Å². The second-order valence-electron chi connectivity index (χ2n) is 4.21. The maximum atomic E-state index is 12.3. The normalized spacial score (nSPS) is 15.5. The van der Waals surface area contributed by atoms with Crippen molar-refractivity contribution in [3.63, 3.8) is 0 Å². The van der Waals surface area contributed by atoms with Crippen molar-refractivity contribution < 1.29 is 19.1 Å². The number of amides is 3. The molecule has 1 aromatic rings. The van der Waals surface area contributed by atoms with E-state index in [2.05, 4.69) is 5.32 Å². The van der Waals surface area contributed by atoms with E-state index >= 15 is 0 Å². The van der Waals surface area contributed by atoms with Gasteiger partial charge in [-0.15, -0.1) is 0 Å². The molecular formula is C12H15N3O4. The lowest BCUT2D eigenvalue weighted by Crippen LogP contribution is -2.53. The molecule has 2 heterocycles. The third-order valence-electron chi connectivity index (χ3n) is 2.82. The zero-order valence-corrected chi connectivity index (χ0v) is 10.6. The molecule has 19 heavy (non-hydrogen) atoms. The summed E-state index contributed by atoms with van der Waals surface area (Å²) in [6.45, 7) is 0.826. The number of nitrogens with one attached hydrogen (secondary N) is 1. The summed E-state index contributed by atoms with van der Waals surface area (Å²) in [6, 6.07) is 3.41. The highest BCUT2D eigenvalue weighted by Crippen LogP contribution is 2.08. The van der Waals surface area contributed by atoms with Crippen molar-refractivity contribution in [1.82, 2.24) is 14.8 Å². The van der Waals surface area contributed by atoms with Crippen LogP contribution in [0.5, 0.6) is 0 Å². The van der Waals surface area contributed by atoms with E-state index in [1.165, 1.54) is 4.90 Å². The molecule has 7 heteroatoms. The highest BCUT2D eigenvalue weighted by Gasteiger charge is 2.28. The van der Waals surface area contributed by atoms with Gasteiger partial charge in [0.15, 0.2) is 0 Å². The second-order valence-corrected chi connectivity index (χ2v) is 4.21. The Kier molecular flexibility index (Phi) is 3.96. The number of ether oxygens (including phenoxy) is 1. The first kappa shape index (κ1) is 13.3. The van der Waals surface area contributed by atoms with Gasteiger partial charge in [0, 0.05) is 19.9 Å². The Morgan fingerprint density at radius 2 is 2.05 bits per heavy atom. The molecular weight excluding hydrogens is 250 g/mol. The van der Waals surface area contributed by atoms with E-state index in [4.69, 9.17) is 4.74 Å². The van der Waals surface area contributed by atoms with Gasteiger partial charge in [-0.1, -0.05) is 0 Å². The summed E-state index contributed by atoms with van der Waals surface area (Å²) in [5.74, 6) is -1.25. The average molecular weight is 265 g/mol. The van der Waals surface area contributed by atoms with Gasteiger partial charge in [-0.2, -0.15) is 0 Å². The fraction of sp³-hybridized carbons (Fsp3) is 0.417. The summed E-state index contributed by atoms with van der Waals surface area (Å²) in [4.78, 5) is 36.0. The number of aromatic nitrogens is 1. The Bertz CT molecular complexity index is 493. The zero-order valence-electron chi connectivity index (χ0n) is 10.6. The minimum atomic E-state index is -0.459. The number of carbonyl (C=O) groups excluding carboxylic acids is 3. The fourth-order valence-electron chi connectivity index (χ4n) is 1.94. The SMILES string of the molecule is COCCn1cccc1C(=O)N1CC(=O)NC(=O)C1. The fourth-order valence-corrected chi connectivity index (χ4v) is 1.94. The van der Waals surface area contributed by atoms with Crippen LogP contribution in [0.3, 0.4) is 0 Å². The number of nitrogens with zero attached hydrogens (tertiary/aromatic N) is 2. The standard InChI is InChI=1S/C12H15N3O4/c1-19-6-5-14-4-2-3-9(14)12(18)15-7-10(16)13-11(17)8-15/h2-4H,5-8H2,1H3,(H,13,16,17). The van der Waals surface area contributed by atoms with Crippen molar-refractivity contribution in [3.05, 3.63) is 24.0 Å². The van der Waals surface area contributed by atoms with Gasteiger partial charge in [0.2, 0.25) is 11.8 Å². The lowest BCUT2D eigenvalue weighted by atomic mass is 10.3. The summed E-state index contributed by atoms with van der Waals surface area (Å²) in [7, 11) is 1.58. The largest absolute Gasteiger partial charge is 0.383 e. The smallest absolute Gasteiger partial charge is 0.271 e. The predicted molar refractivity (Wildman–Crippen MR) is 65.4 cm³/mol. The van der Waals surface area contributed by atoms with Gasteiger partial charge < -0.3 is 14.2 Å². The minimum absolute atomic E-state index is 0.0972. The predicted octanol–water partition coefficient (Wildman–Crippen LogP) is -0.767. The maximum absolute atomic E-state index is 12.3. The van der Waals surface area contributed by atoms with Crippen molar-refractivity contribution in [2.75, 3.05) is 26.8 Å². The summed E-state index contributed by atoms with van der Waals surface area (Å²) in [5, 5.41) is 2.16. The minimum Gasteiger partial charge on any atom is -0.383 e. The molecule has 7 nitrogen and oxygen atoms in total. The Hall–Kier alpha value is -2.15. The Labute approximate surface area is 110 Å². The van der Waals surface area contributed by atoms with Crippen molar-refractivity contribution in [2.24, 2.45) is 0 Å². The van der Waals surface area contributed by atoms with Crippen LogP contribution in [0.25, 0.3) is 0 Å². The van der Waals surface area contributed by atoms with Gasteiger partial charge >= 0.3 is 0 Å². The first-order valence-corrected chi connectivity index (χ1v) is 5.88. The molecule has 1 aliphatic heterocycles. The Morgan fingerprint density at radius 1 is 1.37 bits per heavy atom. The van der Waals surface area contributed by atoms with Crippen LogP contribution in [-0.2, 0) is 20.9 Å². The van der Waals surface area contributed by atoms with Crippen LogP contribution in [0.4, 0.5) is 0 Å². The highest BCUT2D eigenvalue weighted by molar-refractivity contribution is 6.05. The number of hydrogen-bond acceptors (Lipinski definition) is 4. The van der Waals surface area contributed by atoms with E-state index in [-0.39, 0.29) is 19.0 Å². The highest BCUT2D eigenvalue weighted by atomic mass is 16.5. The van der Waals surface area contributed by atoms with Gasteiger partial charge in [-0.05, 0) is 12.1 Å². The van der Waals surface area contributed by atoms with Crippen LogP contribution >= 0.6 is 0 Å². The molecule has 1 fully saturated rings. The van der Waals surface area contributed by atoms with E-state index in [9.17, 15) is 14.4 Å². The first-order valence-electron chi connectivity index (χ1n) is 5.88. The molecule has 3 amide bonds. The number of piperazine rings is 1. The Balaban J connectivity index is 2.12. The van der Waals surface area contributed by atoms with Gasteiger partial charge in [-0.25, -0.2) is 0 Å². The molecule has 0 bridgehead atoms. The van der Waals surface area contributed by atoms with E-state index in [1.807, 2.05) is 0 Å². The topological polar surface area (TPSA) is 80.6 Å². The monoisotopic (exact) mass is 265 g/mol. The van der Waals surface area contributed by atoms with E-state index in [1.54, 1.807) is 30.0 Å². The third-order valence-corrected chi connectivity index (χ3v) is 2.82. The van der Waals surface area contributed by atoms with Crippen molar-refractivity contribution in [1.29, 1.82) is 0 Å². The van der Waals surface area contributed by atoms with Crippen LogP contribution < -0.4 is 5.32 Å². The van der Waals surface area contributed by atoms with E-state index < -0.39 is 11.8 Å². The van der Waals surface area contributed by atoms with Crippen molar-refractivity contribution >= 4 is 17.7 Å². The van der Waals surface area contributed by atoms with Crippen LogP contribution in [0.1, 0.15) is 10.5 Å². The molecule has 1 saturated heterocycles. The van der Waals surface area contributed by atoms with Crippen LogP contribution in [0.15, 0.2) is 18.3 Å². The molecule has 102 valence electrons. The van der Waals surface area contributed by atoms with Crippen molar-refractivity contribution in [2.45, 2.75) is 6.54 Å². The van der Waals surface area contributed by atoms with Gasteiger partial charge in [0.1, 0.15) is 18.8 Å². The third kappa shape index (κ3) is 3.00. The molecule has 0 radical (unpaired) electrons. The molecule has 1 aromatic heterocycles. The maximum Gasteiger partial charge on any atom is 0.271 e. The quantitative estimate of drug-likeness (QED) is 0.725. The van der Waals surface area contributed by atoms with Crippen LogP contribution in [0.2, 0.25) is 0 Å². The summed E-state index contributed by atoms with van der Waals surface area (Å²) >= 11 is 0. The number of methoxy groups -OCH3 is 1. The molecule has 1 aliphatic rings. The number of rotatable bonds is 4. The number of hydrogen-bond donors (Lipinski definition) is 1. The second kappa shape index (κ2) is 5.66. The van der Waals surface area contributed by atoms with Gasteiger partial charge in [0.25, 0.3) is 5.91 Å². The van der Waals surface area contributed by atoms with E-state index in [0.717, 1.165) is 0 Å². The molecule has 1 N–H and O–H groups in total. The number of carbonyl (C=O) groups is 3. The first-order chi connectivity index (χ1) is 9.11. The Morgan fingerprint density at radius 3 is 2.68 bits per heavy atom. The zero-order chi connectivity index (χ0) is 13.8. The van der Waals surface area contributed by atoms with Gasteiger partial charge in [-0.3, -0.25) is 19.7 Å². The molecule has 0 aromatic carbocycles. The molecule has 0 spiro atoms. The average Bonchev–Trinajstić information content (AvgIpc) is 2.82. The molecule has 2 rings (SSSR count).